The van der Waals surface area contributed by atoms with Gasteiger partial charge in [-0.2, -0.15) is 0 Å². The number of hydrogen-bond donors (Lipinski definition) is 1. The van der Waals surface area contributed by atoms with Crippen LogP contribution in [0.4, 0.5) is 0 Å². The van der Waals surface area contributed by atoms with Crippen molar-refractivity contribution in [2.45, 2.75) is 46.5 Å². The Hall–Kier alpha value is -0.120. The van der Waals surface area contributed by atoms with Crippen LogP contribution in [0.25, 0.3) is 0 Å². The average molecular weight is 245 g/mol. The first-order valence-corrected chi connectivity index (χ1v) is 6.96. The molecule has 0 saturated carbocycles. The Morgan fingerprint density at radius 3 is 2.47 bits per heavy atom. The molecule has 1 N–H and O–H groups in total. The molecule has 0 rings (SSSR count). The van der Waals surface area contributed by atoms with Gasteiger partial charge in [-0.3, -0.25) is 0 Å². The first-order valence-electron chi connectivity index (χ1n) is 6.96. The van der Waals surface area contributed by atoms with E-state index >= 15 is 0 Å². The van der Waals surface area contributed by atoms with Crippen molar-refractivity contribution in [1.29, 1.82) is 0 Å². The van der Waals surface area contributed by atoms with Crippen LogP contribution in [-0.4, -0.2) is 40.0 Å². The molecule has 0 amide bonds. The molecule has 0 aromatic heterocycles. The molecule has 0 aromatic rings. The van der Waals surface area contributed by atoms with Crippen LogP contribution in [0.15, 0.2) is 0 Å². The second kappa shape index (κ2) is 11.0. The quantitative estimate of drug-likeness (QED) is 0.536. The predicted octanol–water partition coefficient (Wildman–Crippen LogP) is 2.85. The van der Waals surface area contributed by atoms with E-state index in [1.165, 1.54) is 19.3 Å². The number of rotatable bonds is 12. The van der Waals surface area contributed by atoms with Crippen molar-refractivity contribution in [2.24, 2.45) is 5.41 Å². The van der Waals surface area contributed by atoms with Crippen molar-refractivity contribution >= 4 is 0 Å². The van der Waals surface area contributed by atoms with Crippen LogP contribution >= 0.6 is 0 Å². The Labute approximate surface area is 107 Å². The highest BCUT2D eigenvalue weighted by Gasteiger charge is 2.21. The summed E-state index contributed by atoms with van der Waals surface area (Å²) in [5.74, 6) is 0. The molecule has 0 aliphatic rings. The van der Waals surface area contributed by atoms with Crippen molar-refractivity contribution in [3.05, 3.63) is 0 Å². The summed E-state index contributed by atoms with van der Waals surface area (Å²) in [5.41, 5.74) is 0.347. The van der Waals surface area contributed by atoms with Crippen LogP contribution < -0.4 is 5.32 Å². The van der Waals surface area contributed by atoms with Crippen molar-refractivity contribution in [3.8, 4) is 0 Å². The molecule has 0 fully saturated rings. The molecule has 0 aliphatic heterocycles. The average Bonchev–Trinajstić information content (AvgIpc) is 2.34. The molecule has 0 aliphatic carbocycles. The molecular weight excluding hydrogens is 214 g/mol. The summed E-state index contributed by atoms with van der Waals surface area (Å²) < 4.78 is 10.7. The molecule has 104 valence electrons. The summed E-state index contributed by atoms with van der Waals surface area (Å²) in [4.78, 5) is 0. The largest absolute Gasteiger partial charge is 0.383 e. The molecule has 0 bridgehead atoms. The molecule has 0 saturated heterocycles. The summed E-state index contributed by atoms with van der Waals surface area (Å²) >= 11 is 0. The van der Waals surface area contributed by atoms with Crippen LogP contribution in [0.5, 0.6) is 0 Å². The van der Waals surface area contributed by atoms with Gasteiger partial charge in [0.1, 0.15) is 0 Å². The highest BCUT2D eigenvalue weighted by molar-refractivity contribution is 4.75. The van der Waals surface area contributed by atoms with Gasteiger partial charge in [-0.15, -0.1) is 0 Å². The first-order chi connectivity index (χ1) is 8.18. The smallest absolute Gasteiger partial charge is 0.0587 e. The van der Waals surface area contributed by atoms with Gasteiger partial charge in [0.05, 0.1) is 6.61 Å². The Kier molecular flexibility index (Phi) is 10.9. The van der Waals surface area contributed by atoms with E-state index < -0.39 is 0 Å². The van der Waals surface area contributed by atoms with Crippen molar-refractivity contribution < 1.29 is 9.47 Å². The molecule has 1 unspecified atom stereocenters. The topological polar surface area (TPSA) is 30.5 Å². The molecular formula is C14H31NO2. The summed E-state index contributed by atoms with van der Waals surface area (Å²) in [6.45, 7) is 11.3. The lowest BCUT2D eigenvalue weighted by Crippen LogP contribution is -2.34. The molecule has 3 heteroatoms. The fourth-order valence-corrected chi connectivity index (χ4v) is 1.62. The summed E-state index contributed by atoms with van der Waals surface area (Å²) in [6, 6.07) is 0. The number of ether oxygens (including phenoxy) is 2. The Morgan fingerprint density at radius 2 is 1.88 bits per heavy atom. The van der Waals surface area contributed by atoms with Crippen LogP contribution in [-0.2, 0) is 9.47 Å². The van der Waals surface area contributed by atoms with Gasteiger partial charge in [-0.1, -0.05) is 27.2 Å². The van der Waals surface area contributed by atoms with Crippen molar-refractivity contribution in [1.82, 2.24) is 5.32 Å². The maximum Gasteiger partial charge on any atom is 0.0587 e. The Balaban J connectivity index is 3.61. The molecule has 17 heavy (non-hydrogen) atoms. The number of unbranched alkanes of at least 4 members (excludes halogenated alkanes) is 1. The maximum absolute atomic E-state index is 5.65. The summed E-state index contributed by atoms with van der Waals surface area (Å²) in [7, 11) is 1.74. The lowest BCUT2D eigenvalue weighted by molar-refractivity contribution is 0.0934. The molecule has 0 radical (unpaired) electrons. The standard InChI is InChI=1S/C14H31NO2/c1-5-7-10-17-11-8-14(3,6-2)13-15-9-12-16-4/h15H,5-13H2,1-4H3. The fraction of sp³-hybridized carbons (Fsp3) is 1.00. The van der Waals surface area contributed by atoms with Gasteiger partial charge >= 0.3 is 0 Å². The third-order valence-electron chi connectivity index (χ3n) is 3.38. The van der Waals surface area contributed by atoms with E-state index in [4.69, 9.17) is 9.47 Å². The first kappa shape index (κ1) is 16.9. The van der Waals surface area contributed by atoms with Gasteiger partial charge in [0.25, 0.3) is 0 Å². The fourth-order valence-electron chi connectivity index (χ4n) is 1.62. The number of hydrogen-bond acceptors (Lipinski definition) is 3. The molecule has 0 spiro atoms. The van der Waals surface area contributed by atoms with Crippen LogP contribution in [0.1, 0.15) is 46.5 Å². The lowest BCUT2D eigenvalue weighted by atomic mass is 9.84. The third-order valence-corrected chi connectivity index (χ3v) is 3.38. The zero-order chi connectivity index (χ0) is 13.0. The molecule has 3 nitrogen and oxygen atoms in total. The Bertz CT molecular complexity index is 164. The minimum atomic E-state index is 0.347. The summed E-state index contributed by atoms with van der Waals surface area (Å²) in [5, 5.41) is 3.45. The van der Waals surface area contributed by atoms with Gasteiger partial charge in [0.2, 0.25) is 0 Å². The molecule has 1 atom stereocenters. The van der Waals surface area contributed by atoms with E-state index in [9.17, 15) is 0 Å². The van der Waals surface area contributed by atoms with E-state index in [2.05, 4.69) is 26.1 Å². The second-order valence-corrected chi connectivity index (χ2v) is 5.05. The normalized spacial score (nSPS) is 14.8. The summed E-state index contributed by atoms with van der Waals surface area (Å²) in [6.07, 6.45) is 4.70. The van der Waals surface area contributed by atoms with Crippen LogP contribution in [0, 0.1) is 5.41 Å². The van der Waals surface area contributed by atoms with Gasteiger partial charge in [-0.25, -0.2) is 0 Å². The number of nitrogens with one attached hydrogen (secondary N) is 1. The van der Waals surface area contributed by atoms with E-state index in [1.807, 2.05) is 0 Å². The van der Waals surface area contributed by atoms with Crippen molar-refractivity contribution in [3.63, 3.8) is 0 Å². The van der Waals surface area contributed by atoms with E-state index in [1.54, 1.807) is 7.11 Å². The predicted molar refractivity (Wildman–Crippen MR) is 73.5 cm³/mol. The highest BCUT2D eigenvalue weighted by atomic mass is 16.5. The zero-order valence-corrected chi connectivity index (χ0v) is 12.2. The zero-order valence-electron chi connectivity index (χ0n) is 12.2. The van der Waals surface area contributed by atoms with Gasteiger partial charge < -0.3 is 14.8 Å². The Morgan fingerprint density at radius 1 is 1.12 bits per heavy atom. The minimum absolute atomic E-state index is 0.347. The number of methoxy groups -OCH3 is 1. The maximum atomic E-state index is 5.65. The van der Waals surface area contributed by atoms with E-state index in [0.29, 0.717) is 5.41 Å². The van der Waals surface area contributed by atoms with E-state index in [0.717, 1.165) is 39.3 Å². The minimum Gasteiger partial charge on any atom is -0.383 e. The third kappa shape index (κ3) is 9.57. The van der Waals surface area contributed by atoms with Gasteiger partial charge in [-0.05, 0) is 24.7 Å². The monoisotopic (exact) mass is 245 g/mol. The SMILES string of the molecule is CCCCOCCC(C)(CC)CNCCOC. The van der Waals surface area contributed by atoms with Crippen molar-refractivity contribution in [2.75, 3.05) is 40.0 Å². The van der Waals surface area contributed by atoms with Crippen LogP contribution in [0.2, 0.25) is 0 Å². The highest BCUT2D eigenvalue weighted by Crippen LogP contribution is 2.24. The lowest BCUT2D eigenvalue weighted by Gasteiger charge is -2.28. The van der Waals surface area contributed by atoms with E-state index in [-0.39, 0.29) is 0 Å². The van der Waals surface area contributed by atoms with Gasteiger partial charge in [0, 0.05) is 33.4 Å². The molecule has 0 aromatic carbocycles. The van der Waals surface area contributed by atoms with Crippen LogP contribution in [0.3, 0.4) is 0 Å². The van der Waals surface area contributed by atoms with Gasteiger partial charge in [0.15, 0.2) is 0 Å². The second-order valence-electron chi connectivity index (χ2n) is 5.05. The molecule has 0 heterocycles.